The maximum absolute atomic E-state index is 11.7. The summed E-state index contributed by atoms with van der Waals surface area (Å²) < 4.78 is 10.0. The van der Waals surface area contributed by atoms with Crippen molar-refractivity contribution in [2.75, 3.05) is 13.1 Å². The number of benzene rings is 2. The molecule has 1 aliphatic rings. The van der Waals surface area contributed by atoms with Gasteiger partial charge in [-0.25, -0.2) is 14.8 Å². The highest BCUT2D eigenvalue weighted by Gasteiger charge is 2.24. The van der Waals surface area contributed by atoms with E-state index in [1.807, 2.05) is 24.7 Å². The molecule has 11 heteroatoms. The lowest BCUT2D eigenvalue weighted by atomic mass is 10.0. The van der Waals surface area contributed by atoms with Crippen molar-refractivity contribution in [3.63, 3.8) is 0 Å². The summed E-state index contributed by atoms with van der Waals surface area (Å²) in [5, 5.41) is 10.6. The van der Waals surface area contributed by atoms with Gasteiger partial charge in [-0.3, -0.25) is 9.88 Å². The Morgan fingerprint density at radius 1 is 1.10 bits per heavy atom. The molecule has 4 heterocycles. The van der Waals surface area contributed by atoms with Crippen LogP contribution in [0, 0.1) is 0 Å². The SMILES string of the molecule is CCn1cncc1Cn1c(CN2CC(=Cc3ccnc(COc4ccc(Cl)cc4Cl)c3)C2)nc2ccc(C(=O)O)cc21. The van der Waals surface area contributed by atoms with Crippen LogP contribution in [-0.2, 0) is 26.2 Å². The lowest BCUT2D eigenvalue weighted by molar-refractivity contribution is 0.0697. The minimum absolute atomic E-state index is 0.242. The van der Waals surface area contributed by atoms with Gasteiger partial charge >= 0.3 is 5.97 Å². The monoisotopic (exact) mass is 602 g/mol. The van der Waals surface area contributed by atoms with Crippen molar-refractivity contribution in [3.05, 3.63) is 111 Å². The number of carboxylic acids is 1. The number of fused-ring (bicyclic) bond motifs is 1. The van der Waals surface area contributed by atoms with E-state index in [9.17, 15) is 9.90 Å². The highest BCUT2D eigenvalue weighted by molar-refractivity contribution is 6.35. The van der Waals surface area contributed by atoms with Gasteiger partial charge in [-0.05, 0) is 66.6 Å². The Morgan fingerprint density at radius 3 is 2.74 bits per heavy atom. The molecule has 0 bridgehead atoms. The van der Waals surface area contributed by atoms with Crippen molar-refractivity contribution < 1.29 is 14.6 Å². The van der Waals surface area contributed by atoms with Gasteiger partial charge in [0.25, 0.3) is 0 Å². The molecular formula is C31H28Cl2N6O3. The first-order valence-electron chi connectivity index (χ1n) is 13.5. The van der Waals surface area contributed by atoms with Gasteiger partial charge < -0.3 is 19.0 Å². The van der Waals surface area contributed by atoms with Gasteiger partial charge in [0.05, 0.1) is 52.4 Å². The number of nitrogens with zero attached hydrogens (tertiary/aromatic N) is 6. The maximum Gasteiger partial charge on any atom is 0.335 e. The van der Waals surface area contributed by atoms with E-state index in [1.54, 1.807) is 42.6 Å². The molecule has 214 valence electrons. The molecule has 0 saturated carbocycles. The van der Waals surface area contributed by atoms with Crippen molar-refractivity contribution in [3.8, 4) is 5.75 Å². The predicted octanol–water partition coefficient (Wildman–Crippen LogP) is 6.18. The highest BCUT2D eigenvalue weighted by Crippen LogP contribution is 2.29. The van der Waals surface area contributed by atoms with Crippen LogP contribution in [0.15, 0.2) is 72.8 Å². The predicted molar refractivity (Wildman–Crippen MR) is 162 cm³/mol. The number of halogens is 2. The van der Waals surface area contributed by atoms with Crippen LogP contribution < -0.4 is 4.74 Å². The Balaban J connectivity index is 1.15. The first-order valence-corrected chi connectivity index (χ1v) is 14.3. The molecule has 1 aliphatic heterocycles. The summed E-state index contributed by atoms with van der Waals surface area (Å²) in [6, 6.07) is 14.2. The first kappa shape index (κ1) is 28.0. The summed E-state index contributed by atoms with van der Waals surface area (Å²) in [4.78, 5) is 27.6. The third-order valence-electron chi connectivity index (χ3n) is 7.23. The van der Waals surface area contributed by atoms with Crippen molar-refractivity contribution in [2.24, 2.45) is 0 Å². The van der Waals surface area contributed by atoms with Crippen LogP contribution in [0.1, 0.15) is 40.1 Å². The molecule has 1 N–H and O–H groups in total. The minimum atomic E-state index is -0.957. The number of rotatable bonds is 10. The smallest absolute Gasteiger partial charge is 0.335 e. The fourth-order valence-corrected chi connectivity index (χ4v) is 5.57. The third kappa shape index (κ3) is 6.04. The molecule has 2 aromatic carbocycles. The molecule has 0 aliphatic carbocycles. The van der Waals surface area contributed by atoms with E-state index in [2.05, 4.69) is 37.0 Å². The number of aromatic carboxylic acids is 1. The zero-order valence-corrected chi connectivity index (χ0v) is 24.4. The Hall–Kier alpha value is -4.18. The topological polar surface area (TPSA) is 98.3 Å². The van der Waals surface area contributed by atoms with E-state index in [1.165, 1.54) is 5.57 Å². The van der Waals surface area contributed by atoms with E-state index < -0.39 is 5.97 Å². The summed E-state index contributed by atoms with van der Waals surface area (Å²) in [6.45, 7) is 5.99. The lowest BCUT2D eigenvalue weighted by Gasteiger charge is -2.34. The summed E-state index contributed by atoms with van der Waals surface area (Å²) >= 11 is 12.2. The second-order valence-corrected chi connectivity index (χ2v) is 11.0. The molecule has 1 fully saturated rings. The second kappa shape index (κ2) is 12.0. The Bertz CT molecular complexity index is 1800. The molecule has 0 unspecified atom stereocenters. The molecule has 0 atom stereocenters. The first-order chi connectivity index (χ1) is 20.4. The minimum Gasteiger partial charge on any atom is -0.486 e. The van der Waals surface area contributed by atoms with Crippen LogP contribution in [0.2, 0.25) is 10.0 Å². The van der Waals surface area contributed by atoms with E-state index in [4.69, 9.17) is 32.9 Å². The zero-order chi connectivity index (χ0) is 29.2. The van der Waals surface area contributed by atoms with E-state index in [0.29, 0.717) is 35.5 Å². The zero-order valence-electron chi connectivity index (χ0n) is 22.9. The molecule has 9 nitrogen and oxygen atoms in total. The maximum atomic E-state index is 11.7. The van der Waals surface area contributed by atoms with E-state index >= 15 is 0 Å². The van der Waals surface area contributed by atoms with Crippen LogP contribution in [0.3, 0.4) is 0 Å². The molecule has 0 spiro atoms. The van der Waals surface area contributed by atoms with Gasteiger partial charge in [0.15, 0.2) is 0 Å². The summed E-state index contributed by atoms with van der Waals surface area (Å²) in [5.74, 6) is 0.493. The number of hydrogen-bond donors (Lipinski definition) is 1. The van der Waals surface area contributed by atoms with Crippen LogP contribution in [0.25, 0.3) is 17.1 Å². The van der Waals surface area contributed by atoms with Crippen molar-refractivity contribution in [1.82, 2.24) is 29.0 Å². The highest BCUT2D eigenvalue weighted by atomic mass is 35.5. The summed E-state index contributed by atoms with van der Waals surface area (Å²) in [6.07, 6.45) is 7.62. The molecular weight excluding hydrogens is 575 g/mol. The average molecular weight is 604 g/mol. The normalized spacial score (nSPS) is 13.4. The Labute approximate surface area is 252 Å². The summed E-state index contributed by atoms with van der Waals surface area (Å²) in [7, 11) is 0. The molecule has 6 rings (SSSR count). The van der Waals surface area contributed by atoms with Crippen LogP contribution >= 0.6 is 23.2 Å². The average Bonchev–Trinajstić information content (AvgIpc) is 3.55. The van der Waals surface area contributed by atoms with Crippen molar-refractivity contribution in [1.29, 1.82) is 0 Å². The number of ether oxygens (including phenoxy) is 1. The molecule has 0 radical (unpaired) electrons. The van der Waals surface area contributed by atoms with Gasteiger partial charge in [0.1, 0.15) is 18.2 Å². The van der Waals surface area contributed by atoms with E-state index in [0.717, 1.165) is 53.4 Å². The number of likely N-dealkylation sites (tertiary alicyclic amines) is 1. The fraction of sp³-hybridized carbons (Fsp3) is 0.226. The number of carbonyl (C=O) groups is 1. The van der Waals surface area contributed by atoms with Gasteiger partial charge in [-0.15, -0.1) is 0 Å². The van der Waals surface area contributed by atoms with Crippen LogP contribution in [0.5, 0.6) is 5.75 Å². The van der Waals surface area contributed by atoms with Gasteiger partial charge in [-0.2, -0.15) is 0 Å². The number of hydrogen-bond acceptors (Lipinski definition) is 6. The van der Waals surface area contributed by atoms with Crippen molar-refractivity contribution in [2.45, 2.75) is 33.2 Å². The van der Waals surface area contributed by atoms with Crippen molar-refractivity contribution >= 4 is 46.3 Å². The van der Waals surface area contributed by atoms with Crippen LogP contribution in [-0.4, -0.2) is 53.2 Å². The molecule has 5 aromatic rings. The van der Waals surface area contributed by atoms with Gasteiger partial charge in [-0.1, -0.05) is 29.3 Å². The number of imidazole rings is 2. The Morgan fingerprint density at radius 2 is 1.95 bits per heavy atom. The quantitative estimate of drug-likeness (QED) is 0.204. The molecule has 1 saturated heterocycles. The third-order valence-corrected chi connectivity index (χ3v) is 7.76. The van der Waals surface area contributed by atoms with Gasteiger partial charge in [0.2, 0.25) is 0 Å². The molecule has 3 aromatic heterocycles. The lowest BCUT2D eigenvalue weighted by Crippen LogP contribution is -2.40. The number of carboxylic acid groups (broad SMARTS) is 1. The Kier molecular flexibility index (Phi) is 7.97. The fourth-order valence-electron chi connectivity index (χ4n) is 5.11. The summed E-state index contributed by atoms with van der Waals surface area (Å²) in [5.41, 5.74) is 6.02. The molecule has 0 amide bonds. The molecule has 42 heavy (non-hydrogen) atoms. The van der Waals surface area contributed by atoms with Crippen LogP contribution in [0.4, 0.5) is 0 Å². The van der Waals surface area contributed by atoms with E-state index in [-0.39, 0.29) is 5.56 Å². The number of pyridine rings is 1. The largest absolute Gasteiger partial charge is 0.486 e. The number of aryl methyl sites for hydroxylation is 1. The number of aromatic nitrogens is 5. The standard InChI is InChI=1S/C31H28Cl2N6O3/c1-2-38-19-34-13-25(38)16-39-28-11-22(31(40)41)3-5-27(28)36-30(39)17-37-14-21(15-37)9-20-7-8-35-24(10-20)18-42-29-6-4-23(32)12-26(29)33/h3-13,19H,2,14-18H2,1H3,(H,40,41). The van der Waals surface area contributed by atoms with Gasteiger partial charge in [0, 0.05) is 37.1 Å². The second-order valence-electron chi connectivity index (χ2n) is 10.2.